The van der Waals surface area contributed by atoms with Crippen molar-refractivity contribution in [2.75, 3.05) is 26.7 Å². The summed E-state index contributed by atoms with van der Waals surface area (Å²) in [5.41, 5.74) is 0. The van der Waals surface area contributed by atoms with Gasteiger partial charge in [-0.25, -0.2) is 0 Å². The standard InChI is InChI=1S/C12H20N2O3.ClH/c1-17-11(15)7-10-12(16)14(6-5-13-10)8-9-3-2-4-9;/h9-10,13H,2-8H2,1H3;1H. The average Bonchev–Trinajstić information content (AvgIpc) is 2.27. The van der Waals surface area contributed by atoms with Gasteiger partial charge >= 0.3 is 5.97 Å². The van der Waals surface area contributed by atoms with Crippen LogP contribution >= 0.6 is 12.4 Å². The van der Waals surface area contributed by atoms with Gasteiger partial charge in [0.2, 0.25) is 5.91 Å². The van der Waals surface area contributed by atoms with E-state index in [1.54, 1.807) is 0 Å². The lowest BCUT2D eigenvalue weighted by molar-refractivity contribution is -0.146. The summed E-state index contributed by atoms with van der Waals surface area (Å²) in [5.74, 6) is 0.394. The summed E-state index contributed by atoms with van der Waals surface area (Å²) < 4.78 is 4.60. The van der Waals surface area contributed by atoms with Gasteiger partial charge in [0.05, 0.1) is 19.6 Å². The number of carbonyl (C=O) groups excluding carboxylic acids is 2. The molecule has 1 saturated carbocycles. The number of esters is 1. The number of hydrogen-bond donors (Lipinski definition) is 1. The quantitative estimate of drug-likeness (QED) is 0.763. The summed E-state index contributed by atoms with van der Waals surface area (Å²) in [6.45, 7) is 2.38. The molecule has 0 spiro atoms. The second-order valence-corrected chi connectivity index (χ2v) is 4.87. The first-order chi connectivity index (χ1) is 8.20. The SMILES string of the molecule is COC(=O)CC1NCCN(CC2CCC2)C1=O.Cl. The molecule has 1 unspecified atom stereocenters. The van der Waals surface area contributed by atoms with Crippen molar-refractivity contribution in [1.29, 1.82) is 0 Å². The van der Waals surface area contributed by atoms with Gasteiger partial charge in [-0.3, -0.25) is 9.59 Å². The second-order valence-electron chi connectivity index (χ2n) is 4.87. The van der Waals surface area contributed by atoms with E-state index in [0.717, 1.165) is 19.6 Å². The van der Waals surface area contributed by atoms with Gasteiger partial charge in [-0.2, -0.15) is 0 Å². The molecule has 2 fully saturated rings. The van der Waals surface area contributed by atoms with Crippen molar-refractivity contribution in [3.63, 3.8) is 0 Å². The summed E-state index contributed by atoms with van der Waals surface area (Å²) in [6.07, 6.45) is 3.89. The van der Waals surface area contributed by atoms with Crippen molar-refractivity contribution in [1.82, 2.24) is 10.2 Å². The topological polar surface area (TPSA) is 58.6 Å². The number of ether oxygens (including phenoxy) is 1. The van der Waals surface area contributed by atoms with Crippen LogP contribution in [0.2, 0.25) is 0 Å². The molecule has 0 aromatic heterocycles. The second kappa shape index (κ2) is 6.95. The van der Waals surface area contributed by atoms with Gasteiger partial charge in [0, 0.05) is 19.6 Å². The lowest BCUT2D eigenvalue weighted by Gasteiger charge is -2.37. The maximum absolute atomic E-state index is 12.1. The van der Waals surface area contributed by atoms with E-state index in [0.29, 0.717) is 5.92 Å². The first-order valence-corrected chi connectivity index (χ1v) is 6.29. The molecule has 1 heterocycles. The predicted octanol–water partition coefficient (Wildman–Crippen LogP) is 0.572. The Hall–Kier alpha value is -0.810. The van der Waals surface area contributed by atoms with Crippen molar-refractivity contribution >= 4 is 24.3 Å². The molecule has 1 N–H and O–H groups in total. The van der Waals surface area contributed by atoms with E-state index in [1.165, 1.54) is 26.4 Å². The fourth-order valence-electron chi connectivity index (χ4n) is 2.37. The molecule has 104 valence electrons. The summed E-state index contributed by atoms with van der Waals surface area (Å²) in [6, 6.07) is -0.392. The zero-order valence-corrected chi connectivity index (χ0v) is 11.5. The summed E-state index contributed by atoms with van der Waals surface area (Å²) in [7, 11) is 1.35. The van der Waals surface area contributed by atoms with Crippen molar-refractivity contribution in [3.05, 3.63) is 0 Å². The van der Waals surface area contributed by atoms with Gasteiger partial charge in [-0.15, -0.1) is 12.4 Å². The number of methoxy groups -OCH3 is 1. The van der Waals surface area contributed by atoms with E-state index in [-0.39, 0.29) is 30.7 Å². The smallest absolute Gasteiger partial charge is 0.307 e. The number of carbonyl (C=O) groups is 2. The highest BCUT2D eigenvalue weighted by molar-refractivity contribution is 5.87. The Kier molecular flexibility index (Phi) is 5.88. The minimum Gasteiger partial charge on any atom is -0.469 e. The largest absolute Gasteiger partial charge is 0.469 e. The number of piperazine rings is 1. The number of rotatable bonds is 4. The van der Waals surface area contributed by atoms with Crippen LogP contribution in [-0.2, 0) is 14.3 Å². The van der Waals surface area contributed by atoms with Gasteiger partial charge in [-0.05, 0) is 18.8 Å². The minimum absolute atomic E-state index is 0. The summed E-state index contributed by atoms with van der Waals surface area (Å²) >= 11 is 0. The Morgan fingerprint density at radius 1 is 1.50 bits per heavy atom. The summed E-state index contributed by atoms with van der Waals surface area (Å²) in [4.78, 5) is 25.2. The monoisotopic (exact) mass is 276 g/mol. The van der Waals surface area contributed by atoms with E-state index in [4.69, 9.17) is 0 Å². The number of nitrogens with zero attached hydrogens (tertiary/aromatic N) is 1. The van der Waals surface area contributed by atoms with Gasteiger partial charge in [0.25, 0.3) is 0 Å². The zero-order chi connectivity index (χ0) is 12.3. The van der Waals surface area contributed by atoms with Crippen LogP contribution < -0.4 is 5.32 Å². The summed E-state index contributed by atoms with van der Waals surface area (Å²) in [5, 5.41) is 3.08. The molecule has 0 bridgehead atoms. The van der Waals surface area contributed by atoms with Gasteiger partial charge in [-0.1, -0.05) is 6.42 Å². The van der Waals surface area contributed by atoms with E-state index in [2.05, 4.69) is 10.1 Å². The van der Waals surface area contributed by atoms with E-state index < -0.39 is 6.04 Å². The third kappa shape index (κ3) is 3.59. The molecular weight excluding hydrogens is 256 g/mol. The van der Waals surface area contributed by atoms with Gasteiger partial charge < -0.3 is 15.0 Å². The molecule has 2 rings (SSSR count). The van der Waals surface area contributed by atoms with Gasteiger partial charge in [0.15, 0.2) is 0 Å². The van der Waals surface area contributed by atoms with Crippen LogP contribution in [0.15, 0.2) is 0 Å². The Morgan fingerprint density at radius 2 is 2.22 bits per heavy atom. The lowest BCUT2D eigenvalue weighted by Crippen LogP contribution is -2.56. The highest BCUT2D eigenvalue weighted by Gasteiger charge is 2.32. The average molecular weight is 277 g/mol. The predicted molar refractivity (Wildman–Crippen MR) is 69.6 cm³/mol. The molecule has 1 aliphatic carbocycles. The third-order valence-corrected chi connectivity index (χ3v) is 3.68. The number of hydrogen-bond acceptors (Lipinski definition) is 4. The number of amides is 1. The maximum atomic E-state index is 12.1. The molecule has 5 nitrogen and oxygen atoms in total. The highest BCUT2D eigenvalue weighted by Crippen LogP contribution is 2.27. The molecule has 0 radical (unpaired) electrons. The fourth-order valence-corrected chi connectivity index (χ4v) is 2.37. The van der Waals surface area contributed by atoms with Crippen molar-refractivity contribution < 1.29 is 14.3 Å². The van der Waals surface area contributed by atoms with Crippen LogP contribution in [0.5, 0.6) is 0 Å². The van der Waals surface area contributed by atoms with Crippen LogP contribution in [-0.4, -0.2) is 49.6 Å². The molecule has 2 aliphatic rings. The van der Waals surface area contributed by atoms with Crippen LogP contribution in [0.3, 0.4) is 0 Å². The number of halogens is 1. The Bertz CT molecular complexity index is 308. The Balaban J connectivity index is 0.00000162. The third-order valence-electron chi connectivity index (χ3n) is 3.68. The molecule has 1 saturated heterocycles. The molecule has 1 atom stereocenters. The molecule has 6 heteroatoms. The first-order valence-electron chi connectivity index (χ1n) is 6.29. The Morgan fingerprint density at radius 3 is 2.78 bits per heavy atom. The Labute approximate surface area is 114 Å². The zero-order valence-electron chi connectivity index (χ0n) is 10.7. The fraction of sp³-hybridized carbons (Fsp3) is 0.833. The molecule has 18 heavy (non-hydrogen) atoms. The normalized spacial score (nSPS) is 24.2. The lowest BCUT2D eigenvalue weighted by atomic mass is 9.85. The van der Waals surface area contributed by atoms with Crippen molar-refractivity contribution in [2.24, 2.45) is 5.92 Å². The van der Waals surface area contributed by atoms with Crippen LogP contribution in [0.25, 0.3) is 0 Å². The van der Waals surface area contributed by atoms with E-state index in [9.17, 15) is 9.59 Å². The van der Waals surface area contributed by atoms with Crippen molar-refractivity contribution in [3.8, 4) is 0 Å². The van der Waals surface area contributed by atoms with Crippen LogP contribution in [0.4, 0.5) is 0 Å². The number of nitrogens with one attached hydrogen (secondary N) is 1. The molecule has 0 aromatic carbocycles. The minimum atomic E-state index is -0.392. The highest BCUT2D eigenvalue weighted by atomic mass is 35.5. The van der Waals surface area contributed by atoms with E-state index in [1.807, 2.05) is 4.90 Å². The van der Waals surface area contributed by atoms with Crippen molar-refractivity contribution in [2.45, 2.75) is 31.7 Å². The molecule has 0 aromatic rings. The molecule has 1 amide bonds. The van der Waals surface area contributed by atoms with Gasteiger partial charge in [0.1, 0.15) is 0 Å². The van der Waals surface area contributed by atoms with E-state index >= 15 is 0 Å². The molecule has 1 aliphatic heterocycles. The van der Waals surface area contributed by atoms with Crippen LogP contribution in [0, 0.1) is 5.92 Å². The molecular formula is C12H21ClN2O3. The van der Waals surface area contributed by atoms with Crippen LogP contribution in [0.1, 0.15) is 25.7 Å². The maximum Gasteiger partial charge on any atom is 0.307 e. The first kappa shape index (κ1) is 15.2.